The summed E-state index contributed by atoms with van der Waals surface area (Å²) in [4.78, 5) is 25.4. The summed E-state index contributed by atoms with van der Waals surface area (Å²) in [6.07, 6.45) is -5.06. The number of allylic oxidation sites excluding steroid dienone is 1. The van der Waals surface area contributed by atoms with E-state index in [1.54, 1.807) is 29.8 Å². The van der Waals surface area contributed by atoms with Crippen molar-refractivity contribution in [1.82, 2.24) is 4.57 Å². The zero-order chi connectivity index (χ0) is 21.7. The molecule has 29 heavy (non-hydrogen) atoms. The van der Waals surface area contributed by atoms with Gasteiger partial charge >= 0.3 is 18.1 Å². The molecule has 156 valence electrons. The fraction of sp³-hybridized carbons (Fsp3) is 0.429. The lowest BCUT2D eigenvalue weighted by Crippen LogP contribution is -2.50. The smallest absolute Gasteiger partial charge is 0.434 e. The number of cyclic esters (lactones) is 1. The molecule has 0 radical (unpaired) electrons. The van der Waals surface area contributed by atoms with Crippen LogP contribution in [0.4, 0.5) is 13.2 Å². The number of fused-ring (bicyclic) bond motifs is 1. The first-order chi connectivity index (χ1) is 13.5. The average molecular weight is 409 g/mol. The van der Waals surface area contributed by atoms with E-state index in [4.69, 9.17) is 9.47 Å². The number of hydrogen-bond acceptors (Lipinski definition) is 4. The molecular formula is C21H22F3NO4. The predicted octanol–water partition coefficient (Wildman–Crippen LogP) is 4.32. The molecule has 8 heteroatoms. The fourth-order valence-corrected chi connectivity index (χ4v) is 4.13. The van der Waals surface area contributed by atoms with Crippen molar-refractivity contribution >= 4 is 22.8 Å². The SMILES string of the molecule is CCOC(=O)[C@@H]1C(=C(C)C)C(=O)O[C@@]1(c1c(C)n(C)c2ccccc12)C(F)(F)F. The lowest BCUT2D eigenvalue weighted by molar-refractivity contribution is -0.276. The highest BCUT2D eigenvalue weighted by Gasteiger charge is 2.73. The Morgan fingerprint density at radius 2 is 1.90 bits per heavy atom. The molecular weight excluding hydrogens is 387 g/mol. The third-order valence-corrected chi connectivity index (χ3v) is 5.42. The van der Waals surface area contributed by atoms with E-state index in [2.05, 4.69) is 0 Å². The summed E-state index contributed by atoms with van der Waals surface area (Å²) >= 11 is 0. The number of aromatic nitrogens is 1. The lowest BCUT2D eigenvalue weighted by Gasteiger charge is -2.34. The third kappa shape index (κ3) is 2.84. The van der Waals surface area contributed by atoms with E-state index in [1.807, 2.05) is 0 Å². The number of aryl methyl sites for hydroxylation is 1. The fourth-order valence-electron chi connectivity index (χ4n) is 4.13. The van der Waals surface area contributed by atoms with Gasteiger partial charge in [-0.2, -0.15) is 13.2 Å². The Bertz CT molecular complexity index is 1030. The molecule has 0 spiro atoms. The van der Waals surface area contributed by atoms with Crippen molar-refractivity contribution in [1.29, 1.82) is 0 Å². The Labute approximate surface area is 166 Å². The van der Waals surface area contributed by atoms with E-state index >= 15 is 0 Å². The summed E-state index contributed by atoms with van der Waals surface area (Å²) < 4.78 is 56.0. The van der Waals surface area contributed by atoms with Gasteiger partial charge in [-0.1, -0.05) is 23.8 Å². The number of halogens is 3. The topological polar surface area (TPSA) is 57.5 Å². The molecule has 0 saturated carbocycles. The lowest BCUT2D eigenvalue weighted by atomic mass is 9.76. The van der Waals surface area contributed by atoms with Crippen LogP contribution in [0.5, 0.6) is 0 Å². The number of hydrogen-bond donors (Lipinski definition) is 0. The van der Waals surface area contributed by atoms with Gasteiger partial charge in [0.2, 0.25) is 0 Å². The maximum absolute atomic E-state index is 14.8. The van der Waals surface area contributed by atoms with Crippen molar-refractivity contribution in [2.45, 2.75) is 39.5 Å². The Balaban J connectivity index is 2.49. The molecule has 0 amide bonds. The van der Waals surface area contributed by atoms with Crippen LogP contribution in [0.2, 0.25) is 0 Å². The van der Waals surface area contributed by atoms with Crippen molar-refractivity contribution < 1.29 is 32.2 Å². The van der Waals surface area contributed by atoms with Crippen molar-refractivity contribution in [3.05, 3.63) is 46.7 Å². The van der Waals surface area contributed by atoms with Gasteiger partial charge in [-0.05, 0) is 33.8 Å². The number of nitrogens with zero attached hydrogens (tertiary/aromatic N) is 1. The molecule has 1 aliphatic heterocycles. The highest BCUT2D eigenvalue weighted by atomic mass is 19.4. The first-order valence-electron chi connectivity index (χ1n) is 9.17. The number of rotatable bonds is 3. The predicted molar refractivity (Wildman–Crippen MR) is 100.0 cm³/mol. The van der Waals surface area contributed by atoms with Crippen molar-refractivity contribution in [2.75, 3.05) is 6.61 Å². The van der Waals surface area contributed by atoms with Crippen LogP contribution in [-0.4, -0.2) is 29.3 Å². The van der Waals surface area contributed by atoms with Crippen LogP contribution in [0.1, 0.15) is 32.0 Å². The quantitative estimate of drug-likeness (QED) is 0.560. The number of alkyl halides is 3. The molecule has 0 unspecified atom stereocenters. The Morgan fingerprint density at radius 3 is 2.45 bits per heavy atom. The van der Waals surface area contributed by atoms with Crippen LogP contribution in [0.25, 0.3) is 10.9 Å². The Kier molecular flexibility index (Phi) is 5.01. The van der Waals surface area contributed by atoms with Gasteiger partial charge < -0.3 is 14.0 Å². The Morgan fingerprint density at radius 1 is 1.28 bits per heavy atom. The maximum Gasteiger partial charge on any atom is 0.434 e. The van der Waals surface area contributed by atoms with E-state index in [-0.39, 0.29) is 34.4 Å². The molecule has 3 rings (SSSR count). The summed E-state index contributed by atoms with van der Waals surface area (Å²) in [7, 11) is 1.63. The summed E-state index contributed by atoms with van der Waals surface area (Å²) in [6.45, 7) is 5.84. The monoisotopic (exact) mass is 409 g/mol. The normalized spacial score (nSPS) is 22.1. The van der Waals surface area contributed by atoms with Crippen LogP contribution in [0, 0.1) is 12.8 Å². The third-order valence-electron chi connectivity index (χ3n) is 5.42. The van der Waals surface area contributed by atoms with E-state index in [0.29, 0.717) is 5.52 Å². The molecule has 2 aromatic rings. The highest BCUT2D eigenvalue weighted by Crippen LogP contribution is 2.57. The second-order valence-corrected chi connectivity index (χ2v) is 7.26. The molecule has 0 aliphatic carbocycles. The number of esters is 2. The minimum Gasteiger partial charge on any atom is -0.465 e. The summed E-state index contributed by atoms with van der Waals surface area (Å²) in [5.41, 5.74) is -2.67. The van der Waals surface area contributed by atoms with Crippen molar-refractivity contribution in [3.63, 3.8) is 0 Å². The second-order valence-electron chi connectivity index (χ2n) is 7.26. The number of benzene rings is 1. The highest BCUT2D eigenvalue weighted by molar-refractivity contribution is 6.02. The van der Waals surface area contributed by atoms with E-state index in [0.717, 1.165) is 0 Å². The van der Waals surface area contributed by atoms with Crippen LogP contribution >= 0.6 is 0 Å². The number of carbonyl (C=O) groups is 2. The number of carbonyl (C=O) groups excluding carboxylic acids is 2. The largest absolute Gasteiger partial charge is 0.465 e. The van der Waals surface area contributed by atoms with Gasteiger partial charge in [-0.15, -0.1) is 0 Å². The standard InChI is InChI=1S/C21H22F3NO4/c1-6-28-19(27)17-15(11(2)3)18(26)29-20(17,21(22,23)24)16-12(4)25(5)14-10-8-7-9-13(14)16/h7-10,17H,6H2,1-5H3/t17-,20+/m0/s1. The summed E-state index contributed by atoms with van der Waals surface area (Å²) in [5, 5.41) is 0.266. The Hall–Kier alpha value is -2.77. The van der Waals surface area contributed by atoms with Gasteiger partial charge in [0.1, 0.15) is 5.92 Å². The maximum atomic E-state index is 14.8. The minimum absolute atomic E-state index is 0.123. The first kappa shape index (κ1) is 21.0. The van der Waals surface area contributed by atoms with Gasteiger partial charge in [-0.25, -0.2) is 4.79 Å². The zero-order valence-corrected chi connectivity index (χ0v) is 16.8. The molecule has 5 nitrogen and oxygen atoms in total. The van der Waals surface area contributed by atoms with Crippen LogP contribution in [-0.2, 0) is 31.7 Å². The summed E-state index contributed by atoms with van der Waals surface area (Å²) in [6, 6.07) is 6.51. The van der Waals surface area contributed by atoms with Gasteiger partial charge in [0.05, 0.1) is 12.2 Å². The van der Waals surface area contributed by atoms with Crippen LogP contribution in [0.3, 0.4) is 0 Å². The van der Waals surface area contributed by atoms with Crippen molar-refractivity contribution in [3.8, 4) is 0 Å². The van der Waals surface area contributed by atoms with Crippen molar-refractivity contribution in [2.24, 2.45) is 13.0 Å². The molecule has 2 heterocycles. The number of para-hydroxylation sites is 1. The van der Waals surface area contributed by atoms with Gasteiger partial charge in [0, 0.05) is 29.2 Å². The van der Waals surface area contributed by atoms with Gasteiger partial charge in [-0.3, -0.25) is 4.79 Å². The molecule has 1 aromatic heterocycles. The molecule has 1 aromatic carbocycles. The number of ether oxygens (including phenoxy) is 2. The average Bonchev–Trinajstić information content (AvgIpc) is 3.08. The molecule has 0 bridgehead atoms. The van der Waals surface area contributed by atoms with E-state index in [9.17, 15) is 22.8 Å². The van der Waals surface area contributed by atoms with Gasteiger partial charge in [0.25, 0.3) is 5.60 Å². The summed E-state index contributed by atoms with van der Waals surface area (Å²) in [5.74, 6) is -4.25. The second kappa shape index (κ2) is 6.93. The van der Waals surface area contributed by atoms with Crippen LogP contribution in [0.15, 0.2) is 35.4 Å². The van der Waals surface area contributed by atoms with E-state index in [1.165, 1.54) is 33.8 Å². The van der Waals surface area contributed by atoms with Crippen LogP contribution < -0.4 is 0 Å². The molecule has 1 fully saturated rings. The first-order valence-corrected chi connectivity index (χ1v) is 9.17. The molecule has 1 saturated heterocycles. The minimum atomic E-state index is -5.06. The molecule has 2 atom stereocenters. The van der Waals surface area contributed by atoms with E-state index < -0.39 is 29.6 Å². The molecule has 0 N–H and O–H groups in total. The molecule has 1 aliphatic rings. The zero-order valence-electron chi connectivity index (χ0n) is 16.8. The van der Waals surface area contributed by atoms with Gasteiger partial charge in [0.15, 0.2) is 0 Å².